The minimum absolute atomic E-state index is 0.0693. The van der Waals surface area contributed by atoms with Crippen molar-refractivity contribution in [2.24, 2.45) is 28.1 Å². The maximum absolute atomic E-state index is 12.3. The van der Waals surface area contributed by atoms with Gasteiger partial charge in [0.25, 0.3) is 5.79 Å². The second-order valence-electron chi connectivity index (χ2n) is 15.4. The van der Waals surface area contributed by atoms with Crippen molar-refractivity contribution in [2.45, 2.75) is 117 Å². The molecule has 0 saturated heterocycles. The molecule has 1 aromatic carbocycles. The van der Waals surface area contributed by atoms with Gasteiger partial charge in [0.05, 0.1) is 6.10 Å². The van der Waals surface area contributed by atoms with Crippen molar-refractivity contribution in [3.8, 4) is 11.5 Å². The number of allylic oxidation sites excluding steroid dienone is 4. The van der Waals surface area contributed by atoms with Crippen molar-refractivity contribution in [3.05, 3.63) is 46.6 Å². The van der Waals surface area contributed by atoms with Gasteiger partial charge in [-0.05, 0) is 108 Å². The molecule has 0 amide bonds. The summed E-state index contributed by atoms with van der Waals surface area (Å²) in [6, 6.07) is 6.65. The molecule has 3 saturated carbocycles. The first-order chi connectivity index (χ1) is 17.9. The van der Waals surface area contributed by atoms with E-state index in [0.29, 0.717) is 18.3 Å². The standard InChI is InChI=1S/C34H44O4/c1-31(2)17-32(3,4)19-34(18-31)37-27-12-7-21(15-28(27)38-34)25-16-33(5)26(11-13-29(33)36)24-9-6-20-14-22(35)8-10-23(20)30(24)25/h7,12,14-15,24-26,29,36H,6,8-11,13,16-19H2,1-5H3/t24?,25-,26?,29?,33?/m1/s1. The van der Waals surface area contributed by atoms with Crippen LogP contribution in [0.5, 0.6) is 11.5 Å². The van der Waals surface area contributed by atoms with Crippen molar-refractivity contribution in [1.29, 1.82) is 0 Å². The fourth-order valence-electron chi connectivity index (χ4n) is 10.3. The Morgan fingerprint density at radius 2 is 1.61 bits per heavy atom. The lowest BCUT2D eigenvalue weighted by molar-refractivity contribution is -0.165. The lowest BCUT2D eigenvalue weighted by Gasteiger charge is -2.52. The zero-order valence-corrected chi connectivity index (χ0v) is 23.9. The summed E-state index contributed by atoms with van der Waals surface area (Å²) in [5, 5.41) is 11.2. The molecule has 38 heavy (non-hydrogen) atoms. The normalized spacial score (nSPS) is 37.9. The van der Waals surface area contributed by atoms with Crippen molar-refractivity contribution >= 4 is 5.78 Å². The first-order valence-electron chi connectivity index (χ1n) is 15.0. The average Bonchev–Trinajstić information content (AvgIpc) is 3.30. The summed E-state index contributed by atoms with van der Waals surface area (Å²) in [7, 11) is 0. The Balaban J connectivity index is 1.29. The molecule has 7 rings (SSSR count). The largest absolute Gasteiger partial charge is 0.448 e. The van der Waals surface area contributed by atoms with Gasteiger partial charge in [-0.1, -0.05) is 46.3 Å². The molecule has 0 aromatic heterocycles. The minimum Gasteiger partial charge on any atom is -0.448 e. The topological polar surface area (TPSA) is 55.8 Å². The molecule has 1 aromatic rings. The molecule has 1 spiro atoms. The van der Waals surface area contributed by atoms with E-state index in [9.17, 15) is 9.90 Å². The number of hydrogen-bond donors (Lipinski definition) is 1. The monoisotopic (exact) mass is 516 g/mol. The van der Waals surface area contributed by atoms with Gasteiger partial charge in [0.15, 0.2) is 17.3 Å². The van der Waals surface area contributed by atoms with Gasteiger partial charge in [0.2, 0.25) is 0 Å². The molecule has 6 aliphatic rings. The van der Waals surface area contributed by atoms with Crippen molar-refractivity contribution in [3.63, 3.8) is 0 Å². The molecule has 4 nitrogen and oxygen atoms in total. The van der Waals surface area contributed by atoms with Gasteiger partial charge in [0, 0.05) is 25.2 Å². The summed E-state index contributed by atoms with van der Waals surface area (Å²) in [5.41, 5.74) is 5.83. The lowest BCUT2D eigenvalue weighted by atomic mass is 9.53. The van der Waals surface area contributed by atoms with E-state index in [1.165, 1.54) is 16.7 Å². The maximum Gasteiger partial charge on any atom is 0.252 e. The molecule has 1 aliphatic heterocycles. The van der Waals surface area contributed by atoms with Crippen LogP contribution in [-0.2, 0) is 4.79 Å². The summed E-state index contributed by atoms with van der Waals surface area (Å²) in [6.45, 7) is 11.7. The molecule has 1 heterocycles. The summed E-state index contributed by atoms with van der Waals surface area (Å²) in [6.07, 6.45) is 11.2. The van der Waals surface area contributed by atoms with Gasteiger partial charge >= 0.3 is 0 Å². The predicted octanol–water partition coefficient (Wildman–Crippen LogP) is 7.65. The number of aliphatic hydroxyl groups excluding tert-OH is 1. The molecule has 0 bridgehead atoms. The van der Waals surface area contributed by atoms with Gasteiger partial charge in [-0.15, -0.1) is 0 Å². The Morgan fingerprint density at radius 1 is 0.868 bits per heavy atom. The number of benzene rings is 1. The van der Waals surface area contributed by atoms with Crippen molar-refractivity contribution in [2.75, 3.05) is 0 Å². The molecular weight excluding hydrogens is 472 g/mol. The quantitative estimate of drug-likeness (QED) is 0.416. The van der Waals surface area contributed by atoms with Crippen LogP contribution in [0.25, 0.3) is 0 Å². The van der Waals surface area contributed by atoms with E-state index in [-0.39, 0.29) is 34.1 Å². The highest BCUT2D eigenvalue weighted by Crippen LogP contribution is 2.64. The van der Waals surface area contributed by atoms with Crippen LogP contribution in [0.1, 0.15) is 110 Å². The first-order valence-corrected chi connectivity index (χ1v) is 15.0. The second-order valence-corrected chi connectivity index (χ2v) is 15.4. The van der Waals surface area contributed by atoms with Gasteiger partial charge in [-0.2, -0.15) is 0 Å². The lowest BCUT2D eigenvalue weighted by Crippen LogP contribution is -2.51. The van der Waals surface area contributed by atoms with E-state index in [0.717, 1.165) is 69.3 Å². The Hall–Kier alpha value is -2.07. The first kappa shape index (κ1) is 24.9. The van der Waals surface area contributed by atoms with E-state index >= 15 is 0 Å². The van der Waals surface area contributed by atoms with Crippen LogP contribution < -0.4 is 9.47 Å². The molecule has 0 radical (unpaired) electrons. The van der Waals surface area contributed by atoms with Crippen LogP contribution in [0, 0.1) is 28.1 Å². The van der Waals surface area contributed by atoms with E-state index in [2.05, 4.69) is 52.8 Å². The zero-order valence-electron chi connectivity index (χ0n) is 23.9. The summed E-state index contributed by atoms with van der Waals surface area (Å²) < 4.78 is 13.4. The Kier molecular flexibility index (Phi) is 5.24. The highest BCUT2D eigenvalue weighted by molar-refractivity contribution is 5.93. The van der Waals surface area contributed by atoms with E-state index in [4.69, 9.17) is 9.47 Å². The molecule has 5 atom stereocenters. The number of aliphatic hydroxyl groups is 1. The molecule has 204 valence electrons. The Bertz CT molecular complexity index is 1250. The molecule has 5 aliphatic carbocycles. The molecule has 4 unspecified atom stereocenters. The van der Waals surface area contributed by atoms with Crippen molar-refractivity contribution < 1.29 is 19.4 Å². The third-order valence-corrected chi connectivity index (χ3v) is 11.1. The molecular formula is C34H44O4. The third kappa shape index (κ3) is 3.76. The van der Waals surface area contributed by atoms with E-state index in [1.807, 2.05) is 6.08 Å². The minimum atomic E-state index is -0.591. The van der Waals surface area contributed by atoms with E-state index < -0.39 is 5.79 Å². The predicted molar refractivity (Wildman–Crippen MR) is 148 cm³/mol. The van der Waals surface area contributed by atoms with Crippen LogP contribution in [0.2, 0.25) is 0 Å². The smallest absolute Gasteiger partial charge is 0.252 e. The van der Waals surface area contributed by atoms with Crippen LogP contribution in [0.4, 0.5) is 0 Å². The number of ketones is 1. The Morgan fingerprint density at radius 3 is 2.37 bits per heavy atom. The Labute approximate surface area is 227 Å². The third-order valence-electron chi connectivity index (χ3n) is 11.1. The summed E-state index contributed by atoms with van der Waals surface area (Å²) in [4.78, 5) is 12.3. The maximum atomic E-state index is 12.3. The van der Waals surface area contributed by atoms with Gasteiger partial charge in [-0.25, -0.2) is 0 Å². The van der Waals surface area contributed by atoms with Gasteiger partial charge in [0.1, 0.15) is 0 Å². The number of rotatable bonds is 1. The second kappa shape index (κ2) is 7.99. The van der Waals surface area contributed by atoms with Crippen molar-refractivity contribution in [1.82, 2.24) is 0 Å². The SMILES string of the molecule is CC1(C)CC(C)(C)CC2(C1)Oc1ccc([C@H]3CC4(C)C(O)CCC4C4CCC5=CC(=O)CCC5=C43)cc1O2. The average molecular weight is 517 g/mol. The van der Waals surface area contributed by atoms with Gasteiger partial charge in [-0.3, -0.25) is 4.79 Å². The van der Waals surface area contributed by atoms with E-state index in [1.54, 1.807) is 5.57 Å². The summed E-state index contributed by atoms with van der Waals surface area (Å²) >= 11 is 0. The highest BCUT2D eigenvalue weighted by atomic mass is 16.7. The van der Waals surface area contributed by atoms with Crippen LogP contribution >= 0.6 is 0 Å². The molecule has 4 heteroatoms. The zero-order chi connectivity index (χ0) is 26.7. The number of fused-ring (bicyclic) bond motifs is 5. The summed E-state index contributed by atoms with van der Waals surface area (Å²) in [5.74, 6) is 2.69. The highest BCUT2D eigenvalue weighted by Gasteiger charge is 2.57. The number of carbonyl (C=O) groups excluding carboxylic acids is 1. The van der Waals surface area contributed by atoms with Crippen LogP contribution in [0.3, 0.4) is 0 Å². The van der Waals surface area contributed by atoms with Crippen LogP contribution in [0.15, 0.2) is 41.0 Å². The number of ether oxygens (including phenoxy) is 2. The number of hydrogen-bond acceptors (Lipinski definition) is 4. The number of carbonyl (C=O) groups is 1. The molecule has 3 fully saturated rings. The van der Waals surface area contributed by atoms with Crippen LogP contribution in [-0.4, -0.2) is 22.8 Å². The van der Waals surface area contributed by atoms with Gasteiger partial charge < -0.3 is 14.6 Å². The fraction of sp³-hybridized carbons (Fsp3) is 0.676. The molecule has 1 N–H and O–H groups in total. The fourth-order valence-corrected chi connectivity index (χ4v) is 10.3.